The number of nitrogens with two attached hydrogens (primary N) is 1. The molecule has 0 radical (unpaired) electrons. The highest BCUT2D eigenvalue weighted by atomic mass is 16.5. The molecule has 9 heteroatoms. The normalized spacial score (nSPS) is 17.4. The summed E-state index contributed by atoms with van der Waals surface area (Å²) < 4.78 is 7.91. The highest BCUT2D eigenvalue weighted by Gasteiger charge is 2.48. The molecule has 3 N–H and O–H groups in total. The lowest BCUT2D eigenvalue weighted by Gasteiger charge is -2.51. The molecular formula is C26H26N6O3. The van der Waals surface area contributed by atoms with Crippen molar-refractivity contribution in [2.75, 3.05) is 18.8 Å². The van der Waals surface area contributed by atoms with Crippen LogP contribution in [-0.4, -0.2) is 48.9 Å². The topological polar surface area (TPSA) is 119 Å². The van der Waals surface area contributed by atoms with Gasteiger partial charge < -0.3 is 20.5 Å². The Kier molecular flexibility index (Phi) is 5.05. The molecule has 1 aliphatic heterocycles. The van der Waals surface area contributed by atoms with E-state index in [-0.39, 0.29) is 11.5 Å². The minimum absolute atomic E-state index is 0.185. The van der Waals surface area contributed by atoms with Crippen molar-refractivity contribution in [3.63, 3.8) is 0 Å². The van der Waals surface area contributed by atoms with E-state index >= 15 is 0 Å². The molecular weight excluding hydrogens is 444 g/mol. The van der Waals surface area contributed by atoms with Gasteiger partial charge in [0, 0.05) is 18.7 Å². The number of carbonyl (C=O) groups is 1. The van der Waals surface area contributed by atoms with Gasteiger partial charge in [0.2, 0.25) is 0 Å². The van der Waals surface area contributed by atoms with Crippen molar-refractivity contribution >= 4 is 22.9 Å². The van der Waals surface area contributed by atoms with Crippen molar-refractivity contribution in [3.8, 4) is 22.8 Å². The minimum atomic E-state index is -0.828. The second-order valence-corrected chi connectivity index (χ2v) is 9.52. The molecule has 0 bridgehead atoms. The molecule has 1 saturated carbocycles. The van der Waals surface area contributed by atoms with Crippen LogP contribution in [-0.2, 0) is 0 Å². The molecule has 35 heavy (non-hydrogen) atoms. The van der Waals surface area contributed by atoms with Gasteiger partial charge in [-0.15, -0.1) is 0 Å². The van der Waals surface area contributed by atoms with E-state index in [0.717, 1.165) is 59.5 Å². The summed E-state index contributed by atoms with van der Waals surface area (Å²) in [5.74, 6) is 1.92. The van der Waals surface area contributed by atoms with Gasteiger partial charge in [-0.1, -0.05) is 18.2 Å². The average molecular weight is 471 g/mol. The zero-order valence-electron chi connectivity index (χ0n) is 19.2. The van der Waals surface area contributed by atoms with E-state index in [2.05, 4.69) is 9.97 Å². The van der Waals surface area contributed by atoms with Crippen molar-refractivity contribution in [3.05, 3.63) is 60.9 Å². The minimum Gasteiger partial charge on any atom is -0.465 e. The first-order valence-electron chi connectivity index (χ1n) is 11.8. The van der Waals surface area contributed by atoms with E-state index in [0.29, 0.717) is 18.9 Å². The molecule has 3 heterocycles. The van der Waals surface area contributed by atoms with E-state index in [1.54, 1.807) is 0 Å². The van der Waals surface area contributed by atoms with Crippen LogP contribution in [0.15, 0.2) is 60.9 Å². The molecule has 2 fully saturated rings. The number of ether oxygens (including phenoxy) is 1. The summed E-state index contributed by atoms with van der Waals surface area (Å²) in [7, 11) is 0. The molecule has 0 atom stereocenters. The molecule has 0 unspecified atom stereocenters. The number of rotatable bonds is 4. The molecule has 1 amide bonds. The number of hydrogen-bond donors (Lipinski definition) is 2. The number of fused-ring (bicyclic) bond motifs is 1. The van der Waals surface area contributed by atoms with Crippen LogP contribution in [0.4, 0.5) is 10.6 Å². The van der Waals surface area contributed by atoms with Crippen molar-refractivity contribution in [1.82, 2.24) is 24.6 Å². The molecule has 9 nitrogen and oxygen atoms in total. The fraction of sp³-hybridized carbons (Fsp3) is 0.308. The Morgan fingerprint density at radius 1 is 1.00 bits per heavy atom. The molecule has 2 aromatic heterocycles. The maximum atomic E-state index is 11.3. The predicted molar refractivity (Wildman–Crippen MR) is 131 cm³/mol. The highest BCUT2D eigenvalue weighted by Crippen LogP contribution is 2.55. The lowest BCUT2D eigenvalue weighted by molar-refractivity contribution is -0.00559. The highest BCUT2D eigenvalue weighted by molar-refractivity contribution is 5.98. The molecule has 1 spiro atoms. The molecule has 4 aromatic rings. The van der Waals surface area contributed by atoms with Gasteiger partial charge in [-0.25, -0.2) is 19.4 Å². The van der Waals surface area contributed by atoms with E-state index in [1.807, 2.05) is 59.3 Å². The SMILES string of the molecule is Nc1ncnc2c1c(-c1ccc(Oc3ccccc3)cc1)nn2C1CC2(CCN(C(=O)O)CC2)C1. The van der Waals surface area contributed by atoms with Crippen LogP contribution >= 0.6 is 0 Å². The molecule has 2 aromatic carbocycles. The number of hydrogen-bond acceptors (Lipinski definition) is 6. The van der Waals surface area contributed by atoms with Gasteiger partial charge in [0.1, 0.15) is 29.3 Å². The monoisotopic (exact) mass is 470 g/mol. The number of aromatic nitrogens is 4. The Balaban J connectivity index is 1.26. The summed E-state index contributed by atoms with van der Waals surface area (Å²) in [6, 6.07) is 17.6. The second kappa shape index (κ2) is 8.26. The summed E-state index contributed by atoms with van der Waals surface area (Å²) in [5, 5.41) is 15.0. The van der Waals surface area contributed by atoms with Gasteiger partial charge >= 0.3 is 6.09 Å². The van der Waals surface area contributed by atoms with Crippen LogP contribution in [0, 0.1) is 5.41 Å². The molecule has 1 saturated heterocycles. The number of para-hydroxylation sites is 1. The number of anilines is 1. The molecule has 6 rings (SSSR count). The Labute approximate surface area is 202 Å². The fourth-order valence-electron chi connectivity index (χ4n) is 5.45. The number of amides is 1. The second-order valence-electron chi connectivity index (χ2n) is 9.52. The summed E-state index contributed by atoms with van der Waals surface area (Å²) in [6.07, 6.45) is 4.36. The van der Waals surface area contributed by atoms with Crippen LogP contribution in [0.5, 0.6) is 11.5 Å². The van der Waals surface area contributed by atoms with E-state index in [9.17, 15) is 9.90 Å². The van der Waals surface area contributed by atoms with Crippen LogP contribution in [0.3, 0.4) is 0 Å². The third kappa shape index (κ3) is 3.82. The summed E-state index contributed by atoms with van der Waals surface area (Å²) in [6.45, 7) is 1.19. The smallest absolute Gasteiger partial charge is 0.407 e. The maximum Gasteiger partial charge on any atom is 0.407 e. The Morgan fingerprint density at radius 2 is 1.69 bits per heavy atom. The number of nitrogen functional groups attached to an aromatic ring is 1. The van der Waals surface area contributed by atoms with Crippen LogP contribution < -0.4 is 10.5 Å². The van der Waals surface area contributed by atoms with Crippen LogP contribution in [0.25, 0.3) is 22.3 Å². The first kappa shape index (κ1) is 21.4. The Bertz CT molecular complexity index is 1370. The van der Waals surface area contributed by atoms with E-state index < -0.39 is 6.09 Å². The van der Waals surface area contributed by atoms with E-state index in [4.69, 9.17) is 15.6 Å². The number of likely N-dealkylation sites (tertiary alicyclic amines) is 1. The molecule has 1 aliphatic carbocycles. The average Bonchev–Trinajstić information content (AvgIpc) is 3.24. The Hall–Kier alpha value is -4.14. The lowest BCUT2D eigenvalue weighted by Crippen LogP contribution is -2.49. The maximum absolute atomic E-state index is 11.3. The lowest BCUT2D eigenvalue weighted by atomic mass is 9.60. The van der Waals surface area contributed by atoms with Gasteiger partial charge in [0.05, 0.1) is 11.4 Å². The van der Waals surface area contributed by atoms with Gasteiger partial charge in [0.25, 0.3) is 0 Å². The number of piperidine rings is 1. The van der Waals surface area contributed by atoms with Crippen molar-refractivity contribution < 1.29 is 14.6 Å². The van der Waals surface area contributed by atoms with Crippen LogP contribution in [0.2, 0.25) is 0 Å². The van der Waals surface area contributed by atoms with E-state index in [1.165, 1.54) is 11.2 Å². The Morgan fingerprint density at radius 3 is 2.37 bits per heavy atom. The van der Waals surface area contributed by atoms with Crippen LogP contribution in [0.1, 0.15) is 31.7 Å². The third-order valence-corrected chi connectivity index (χ3v) is 7.40. The number of nitrogens with zero attached hydrogens (tertiary/aromatic N) is 5. The zero-order valence-corrected chi connectivity index (χ0v) is 19.2. The number of carboxylic acid groups (broad SMARTS) is 1. The zero-order chi connectivity index (χ0) is 24.0. The quantitative estimate of drug-likeness (QED) is 0.432. The van der Waals surface area contributed by atoms with Crippen molar-refractivity contribution in [1.29, 1.82) is 0 Å². The first-order chi connectivity index (χ1) is 17.0. The standard InChI is InChI=1S/C26H26N6O3/c27-23-21-22(17-6-8-20(9-7-17)35-19-4-2-1-3-5-19)30-32(24(21)29-16-28-23)18-14-26(15-18)10-12-31(13-11-26)25(33)34/h1-9,16,18H,10-15H2,(H,33,34)(H2,27,28,29). The third-order valence-electron chi connectivity index (χ3n) is 7.40. The number of benzene rings is 2. The largest absolute Gasteiger partial charge is 0.465 e. The fourth-order valence-corrected chi connectivity index (χ4v) is 5.45. The predicted octanol–water partition coefficient (Wildman–Crippen LogP) is 4.96. The van der Waals surface area contributed by atoms with Gasteiger partial charge in [-0.05, 0) is 67.5 Å². The van der Waals surface area contributed by atoms with Crippen molar-refractivity contribution in [2.24, 2.45) is 5.41 Å². The summed E-state index contributed by atoms with van der Waals surface area (Å²) in [4.78, 5) is 21.5. The molecule has 2 aliphatic rings. The van der Waals surface area contributed by atoms with Gasteiger partial charge in [0.15, 0.2) is 5.65 Å². The first-order valence-corrected chi connectivity index (χ1v) is 11.8. The molecule has 178 valence electrons. The van der Waals surface area contributed by atoms with Gasteiger partial charge in [-0.3, -0.25) is 0 Å². The van der Waals surface area contributed by atoms with Crippen molar-refractivity contribution in [2.45, 2.75) is 31.7 Å². The van der Waals surface area contributed by atoms with Gasteiger partial charge in [-0.2, -0.15) is 5.10 Å². The summed E-state index contributed by atoms with van der Waals surface area (Å²) in [5.41, 5.74) is 8.88. The summed E-state index contributed by atoms with van der Waals surface area (Å²) >= 11 is 0.